The molecule has 1 saturated heterocycles. The third-order valence-electron chi connectivity index (χ3n) is 3.91. The molecular formula is C18H21ClN4O2S. The molecule has 0 atom stereocenters. The highest BCUT2D eigenvalue weighted by molar-refractivity contribution is 7.80. The van der Waals surface area contributed by atoms with E-state index in [1.54, 1.807) is 6.21 Å². The maximum atomic E-state index is 6.00. The SMILES string of the molecule is S=C(NCCN1CCOCC1)N/N=C/c1ccc(-c2cccc(Cl)c2)o1. The number of ether oxygens (including phenoxy) is 1. The monoisotopic (exact) mass is 392 g/mol. The van der Waals surface area contributed by atoms with Crippen molar-refractivity contribution in [3.8, 4) is 11.3 Å². The van der Waals surface area contributed by atoms with Crippen molar-refractivity contribution in [3.63, 3.8) is 0 Å². The summed E-state index contributed by atoms with van der Waals surface area (Å²) in [7, 11) is 0. The molecule has 0 bridgehead atoms. The van der Waals surface area contributed by atoms with Crippen molar-refractivity contribution in [2.75, 3.05) is 39.4 Å². The van der Waals surface area contributed by atoms with Gasteiger partial charge in [-0.25, -0.2) is 0 Å². The zero-order chi connectivity index (χ0) is 18.2. The summed E-state index contributed by atoms with van der Waals surface area (Å²) in [6.45, 7) is 5.22. The lowest BCUT2D eigenvalue weighted by Gasteiger charge is -2.26. The molecule has 6 nitrogen and oxygen atoms in total. The molecule has 138 valence electrons. The normalized spacial score (nSPS) is 15.3. The number of morpholine rings is 1. The summed E-state index contributed by atoms with van der Waals surface area (Å²) in [5, 5.41) is 8.38. The molecule has 2 N–H and O–H groups in total. The highest BCUT2D eigenvalue weighted by Crippen LogP contribution is 2.24. The Morgan fingerprint density at radius 1 is 1.27 bits per heavy atom. The summed E-state index contributed by atoms with van der Waals surface area (Å²) in [6.07, 6.45) is 1.59. The van der Waals surface area contributed by atoms with Crippen LogP contribution < -0.4 is 10.7 Å². The summed E-state index contributed by atoms with van der Waals surface area (Å²) in [5.41, 5.74) is 3.71. The lowest BCUT2D eigenvalue weighted by Crippen LogP contribution is -2.42. The zero-order valence-electron chi connectivity index (χ0n) is 14.3. The van der Waals surface area contributed by atoms with E-state index in [0.717, 1.165) is 50.7 Å². The molecule has 26 heavy (non-hydrogen) atoms. The molecule has 1 aliphatic heterocycles. The fourth-order valence-electron chi connectivity index (χ4n) is 2.57. The van der Waals surface area contributed by atoms with Crippen LogP contribution in [-0.4, -0.2) is 55.6 Å². The minimum Gasteiger partial charge on any atom is -0.455 e. The minimum atomic E-state index is 0.483. The summed E-state index contributed by atoms with van der Waals surface area (Å²) in [4.78, 5) is 2.34. The van der Waals surface area contributed by atoms with Crippen LogP contribution in [0.1, 0.15) is 5.76 Å². The van der Waals surface area contributed by atoms with E-state index in [9.17, 15) is 0 Å². The smallest absolute Gasteiger partial charge is 0.187 e. The summed E-state index contributed by atoms with van der Waals surface area (Å²) in [6, 6.07) is 11.2. The third-order valence-corrected chi connectivity index (χ3v) is 4.38. The van der Waals surface area contributed by atoms with E-state index in [1.807, 2.05) is 36.4 Å². The van der Waals surface area contributed by atoms with Gasteiger partial charge in [0.25, 0.3) is 0 Å². The summed E-state index contributed by atoms with van der Waals surface area (Å²) >= 11 is 11.2. The van der Waals surface area contributed by atoms with E-state index in [2.05, 4.69) is 20.7 Å². The van der Waals surface area contributed by atoms with Crippen molar-refractivity contribution >= 4 is 35.1 Å². The maximum absolute atomic E-state index is 6.00. The second-order valence-corrected chi connectivity index (χ2v) is 6.64. The van der Waals surface area contributed by atoms with Crippen molar-refractivity contribution in [3.05, 3.63) is 47.2 Å². The van der Waals surface area contributed by atoms with Gasteiger partial charge < -0.3 is 14.5 Å². The molecule has 2 aromatic rings. The van der Waals surface area contributed by atoms with Gasteiger partial charge in [0.05, 0.1) is 19.4 Å². The van der Waals surface area contributed by atoms with Crippen LogP contribution in [0.25, 0.3) is 11.3 Å². The van der Waals surface area contributed by atoms with Crippen LogP contribution in [0.2, 0.25) is 5.02 Å². The van der Waals surface area contributed by atoms with E-state index >= 15 is 0 Å². The molecule has 0 amide bonds. The Morgan fingerprint density at radius 2 is 2.12 bits per heavy atom. The molecule has 0 unspecified atom stereocenters. The Kier molecular flexibility index (Phi) is 7.02. The van der Waals surface area contributed by atoms with Gasteiger partial charge in [0, 0.05) is 36.8 Å². The quantitative estimate of drug-likeness (QED) is 0.448. The number of furan rings is 1. The Labute approximate surface area is 163 Å². The summed E-state index contributed by atoms with van der Waals surface area (Å²) in [5.74, 6) is 1.36. The second kappa shape index (κ2) is 9.68. The van der Waals surface area contributed by atoms with E-state index in [1.165, 1.54) is 0 Å². The van der Waals surface area contributed by atoms with Crippen LogP contribution in [0.3, 0.4) is 0 Å². The van der Waals surface area contributed by atoms with Crippen molar-refractivity contribution < 1.29 is 9.15 Å². The number of rotatable bonds is 6. The van der Waals surface area contributed by atoms with E-state index in [-0.39, 0.29) is 0 Å². The van der Waals surface area contributed by atoms with E-state index in [0.29, 0.717) is 15.9 Å². The molecule has 1 aromatic carbocycles. The molecule has 0 saturated carbocycles. The van der Waals surface area contributed by atoms with E-state index in [4.69, 9.17) is 33.0 Å². The number of nitrogens with zero attached hydrogens (tertiary/aromatic N) is 2. The van der Waals surface area contributed by atoms with Gasteiger partial charge in [-0.05, 0) is 36.5 Å². The Bertz CT molecular complexity index is 759. The fourth-order valence-corrected chi connectivity index (χ4v) is 2.91. The van der Waals surface area contributed by atoms with Crippen LogP contribution in [-0.2, 0) is 4.74 Å². The fraction of sp³-hybridized carbons (Fsp3) is 0.333. The molecule has 1 aromatic heterocycles. The average Bonchev–Trinajstić information content (AvgIpc) is 3.12. The Morgan fingerprint density at radius 3 is 2.92 bits per heavy atom. The molecule has 2 heterocycles. The topological polar surface area (TPSA) is 62.0 Å². The predicted molar refractivity (Wildman–Crippen MR) is 108 cm³/mol. The number of benzene rings is 1. The van der Waals surface area contributed by atoms with Gasteiger partial charge in [-0.15, -0.1) is 0 Å². The summed E-state index contributed by atoms with van der Waals surface area (Å²) < 4.78 is 11.1. The largest absolute Gasteiger partial charge is 0.455 e. The van der Waals surface area contributed by atoms with Crippen LogP contribution in [0.5, 0.6) is 0 Å². The average molecular weight is 393 g/mol. The molecule has 1 aliphatic rings. The first-order valence-electron chi connectivity index (χ1n) is 8.43. The van der Waals surface area contributed by atoms with Crippen LogP contribution in [0.15, 0.2) is 45.9 Å². The minimum absolute atomic E-state index is 0.483. The van der Waals surface area contributed by atoms with Crippen molar-refractivity contribution in [1.29, 1.82) is 0 Å². The van der Waals surface area contributed by atoms with Crippen molar-refractivity contribution in [2.45, 2.75) is 0 Å². The second-order valence-electron chi connectivity index (χ2n) is 5.79. The number of nitrogens with one attached hydrogen (secondary N) is 2. The maximum Gasteiger partial charge on any atom is 0.187 e. The number of hydrogen-bond acceptors (Lipinski definition) is 5. The number of thiocarbonyl (C=S) groups is 1. The van der Waals surface area contributed by atoms with Crippen LogP contribution in [0, 0.1) is 0 Å². The molecule has 0 aliphatic carbocycles. The lowest BCUT2D eigenvalue weighted by molar-refractivity contribution is 0.0389. The first-order valence-corrected chi connectivity index (χ1v) is 9.22. The highest BCUT2D eigenvalue weighted by Gasteiger charge is 2.09. The number of hydrazone groups is 1. The third kappa shape index (κ3) is 5.81. The van der Waals surface area contributed by atoms with Crippen molar-refractivity contribution in [2.24, 2.45) is 5.10 Å². The van der Waals surface area contributed by atoms with Gasteiger partial charge in [-0.2, -0.15) is 5.10 Å². The van der Waals surface area contributed by atoms with Gasteiger partial charge in [-0.1, -0.05) is 23.7 Å². The molecule has 8 heteroatoms. The zero-order valence-corrected chi connectivity index (χ0v) is 15.9. The van der Waals surface area contributed by atoms with Gasteiger partial charge in [-0.3, -0.25) is 10.3 Å². The number of halogens is 1. The molecule has 0 radical (unpaired) electrons. The van der Waals surface area contributed by atoms with Crippen LogP contribution >= 0.6 is 23.8 Å². The van der Waals surface area contributed by atoms with Gasteiger partial charge >= 0.3 is 0 Å². The van der Waals surface area contributed by atoms with Crippen LogP contribution in [0.4, 0.5) is 0 Å². The highest BCUT2D eigenvalue weighted by atomic mass is 35.5. The van der Waals surface area contributed by atoms with Crippen molar-refractivity contribution in [1.82, 2.24) is 15.6 Å². The van der Waals surface area contributed by atoms with E-state index < -0.39 is 0 Å². The first-order chi connectivity index (χ1) is 12.7. The molecule has 3 rings (SSSR count). The predicted octanol–water partition coefficient (Wildman–Crippen LogP) is 2.73. The molecular weight excluding hydrogens is 372 g/mol. The van der Waals surface area contributed by atoms with Gasteiger partial charge in [0.15, 0.2) is 5.11 Å². The Balaban J connectivity index is 1.41. The standard InChI is InChI=1S/C18H21ClN4O2S/c19-15-3-1-2-14(12-15)17-5-4-16(25-17)13-21-22-18(26)20-6-7-23-8-10-24-11-9-23/h1-5,12-13H,6-11H2,(H2,20,22,26)/b21-13+. The molecule has 0 spiro atoms. The van der Waals surface area contributed by atoms with Gasteiger partial charge in [0.2, 0.25) is 0 Å². The first kappa shape index (κ1) is 18.8. The molecule has 1 fully saturated rings. The number of hydrogen-bond donors (Lipinski definition) is 2. The lowest BCUT2D eigenvalue weighted by atomic mass is 10.2. The Hall–Kier alpha value is -1.93. The van der Waals surface area contributed by atoms with Gasteiger partial charge in [0.1, 0.15) is 11.5 Å².